The lowest BCUT2D eigenvalue weighted by molar-refractivity contribution is -0.122. The lowest BCUT2D eigenvalue weighted by atomic mass is 9.97. The maximum atomic E-state index is 12.0. The number of allylic oxidation sites excluding steroid dienone is 1. The van der Waals surface area contributed by atoms with Gasteiger partial charge in [0.1, 0.15) is 5.75 Å². The van der Waals surface area contributed by atoms with Crippen molar-refractivity contribution < 1.29 is 9.90 Å². The van der Waals surface area contributed by atoms with Crippen LogP contribution in [0.15, 0.2) is 35.9 Å². The smallest absolute Gasteiger partial charge is 0.237 e. The van der Waals surface area contributed by atoms with Crippen molar-refractivity contribution in [2.45, 2.75) is 44.6 Å². The Bertz CT molecular complexity index is 494. The monoisotopic (exact) mass is 288 g/mol. The number of nitrogens with two attached hydrogens (primary N) is 1. The van der Waals surface area contributed by atoms with Gasteiger partial charge in [-0.25, -0.2) is 0 Å². The first kappa shape index (κ1) is 15.6. The van der Waals surface area contributed by atoms with Gasteiger partial charge in [-0.1, -0.05) is 23.8 Å². The highest BCUT2D eigenvalue weighted by Crippen LogP contribution is 2.19. The lowest BCUT2D eigenvalue weighted by Gasteiger charge is -2.15. The van der Waals surface area contributed by atoms with Crippen LogP contribution in [0.5, 0.6) is 5.75 Å². The maximum Gasteiger partial charge on any atom is 0.237 e. The summed E-state index contributed by atoms with van der Waals surface area (Å²) in [6, 6.07) is 6.24. The molecule has 4 heteroatoms. The minimum absolute atomic E-state index is 0.112. The first-order valence-corrected chi connectivity index (χ1v) is 7.64. The molecule has 0 aliphatic heterocycles. The lowest BCUT2D eigenvalue weighted by Crippen LogP contribution is -2.42. The first-order chi connectivity index (χ1) is 10.1. The van der Waals surface area contributed by atoms with Crippen LogP contribution in [0.3, 0.4) is 0 Å². The Balaban J connectivity index is 1.72. The quantitative estimate of drug-likeness (QED) is 0.703. The number of carbonyl (C=O) groups is 1. The van der Waals surface area contributed by atoms with Gasteiger partial charge in [-0.15, -0.1) is 0 Å². The molecule has 0 fully saturated rings. The van der Waals surface area contributed by atoms with Crippen molar-refractivity contribution >= 4 is 5.91 Å². The summed E-state index contributed by atoms with van der Waals surface area (Å²) in [6.07, 6.45) is 8.59. The fourth-order valence-corrected chi connectivity index (χ4v) is 2.59. The standard InChI is InChI=1S/C17H24N2O2/c18-16(12-14-6-8-15(20)9-7-14)17(21)19-11-10-13-4-2-1-3-5-13/h4,6-9,16,20H,1-3,5,10-12,18H2,(H,19,21)/t16-/m1/s1. The molecule has 114 valence electrons. The van der Waals surface area contributed by atoms with E-state index in [1.54, 1.807) is 24.3 Å². The maximum absolute atomic E-state index is 12.0. The van der Waals surface area contributed by atoms with Crippen LogP contribution in [-0.4, -0.2) is 23.6 Å². The van der Waals surface area contributed by atoms with E-state index >= 15 is 0 Å². The molecule has 1 aliphatic rings. The van der Waals surface area contributed by atoms with Gasteiger partial charge in [-0.3, -0.25) is 4.79 Å². The minimum Gasteiger partial charge on any atom is -0.508 e. The Morgan fingerprint density at radius 1 is 1.29 bits per heavy atom. The Morgan fingerprint density at radius 2 is 2.05 bits per heavy atom. The summed E-state index contributed by atoms with van der Waals surface area (Å²) in [5.74, 6) is 0.108. The fourth-order valence-electron chi connectivity index (χ4n) is 2.59. The van der Waals surface area contributed by atoms with Gasteiger partial charge in [0.15, 0.2) is 0 Å². The van der Waals surface area contributed by atoms with Crippen molar-refractivity contribution in [3.05, 3.63) is 41.5 Å². The summed E-state index contributed by atoms with van der Waals surface area (Å²) in [6.45, 7) is 0.661. The number of benzene rings is 1. The molecule has 0 spiro atoms. The predicted molar refractivity (Wildman–Crippen MR) is 84.0 cm³/mol. The van der Waals surface area contributed by atoms with E-state index in [0.717, 1.165) is 18.4 Å². The van der Waals surface area contributed by atoms with Crippen LogP contribution < -0.4 is 11.1 Å². The molecule has 0 heterocycles. The topological polar surface area (TPSA) is 75.3 Å². The molecule has 0 saturated heterocycles. The molecule has 1 amide bonds. The number of hydrogen-bond acceptors (Lipinski definition) is 3. The van der Waals surface area contributed by atoms with Crippen LogP contribution >= 0.6 is 0 Å². The van der Waals surface area contributed by atoms with E-state index in [4.69, 9.17) is 5.73 Å². The average molecular weight is 288 g/mol. The van der Waals surface area contributed by atoms with Gasteiger partial charge in [-0.2, -0.15) is 0 Å². The Kier molecular flexibility index (Phi) is 5.81. The van der Waals surface area contributed by atoms with Crippen LogP contribution in [0.25, 0.3) is 0 Å². The average Bonchev–Trinajstić information content (AvgIpc) is 2.50. The van der Waals surface area contributed by atoms with E-state index in [9.17, 15) is 9.90 Å². The summed E-state index contributed by atoms with van der Waals surface area (Å²) >= 11 is 0. The molecule has 1 aromatic rings. The zero-order chi connectivity index (χ0) is 15.1. The molecule has 1 aromatic carbocycles. The van der Waals surface area contributed by atoms with Crippen molar-refractivity contribution in [2.24, 2.45) is 5.73 Å². The van der Waals surface area contributed by atoms with Crippen molar-refractivity contribution in [1.29, 1.82) is 0 Å². The summed E-state index contributed by atoms with van der Waals surface area (Å²) in [5.41, 5.74) is 8.32. The Labute approximate surface area is 126 Å². The van der Waals surface area contributed by atoms with E-state index in [1.165, 1.54) is 24.8 Å². The number of nitrogens with one attached hydrogen (secondary N) is 1. The number of rotatable bonds is 6. The zero-order valence-corrected chi connectivity index (χ0v) is 12.3. The summed E-state index contributed by atoms with van der Waals surface area (Å²) in [7, 11) is 0. The summed E-state index contributed by atoms with van der Waals surface area (Å²) in [5, 5.41) is 12.1. The molecule has 0 radical (unpaired) electrons. The molecule has 1 aliphatic carbocycles. The van der Waals surface area contributed by atoms with E-state index in [-0.39, 0.29) is 11.7 Å². The molecule has 4 N–H and O–H groups in total. The highest BCUT2D eigenvalue weighted by atomic mass is 16.3. The van der Waals surface area contributed by atoms with Gasteiger partial charge < -0.3 is 16.2 Å². The SMILES string of the molecule is N[C@H](Cc1ccc(O)cc1)C(=O)NCCC1=CCCCC1. The Morgan fingerprint density at radius 3 is 2.71 bits per heavy atom. The minimum atomic E-state index is -0.546. The number of phenols is 1. The number of phenolic OH excluding ortho intramolecular Hbond substituents is 1. The second-order valence-electron chi connectivity index (χ2n) is 5.63. The fraction of sp³-hybridized carbons (Fsp3) is 0.471. The number of hydrogen-bond donors (Lipinski definition) is 3. The molecule has 21 heavy (non-hydrogen) atoms. The van der Waals surface area contributed by atoms with E-state index in [0.29, 0.717) is 13.0 Å². The normalized spacial score (nSPS) is 16.1. The van der Waals surface area contributed by atoms with Crippen molar-refractivity contribution in [3.63, 3.8) is 0 Å². The van der Waals surface area contributed by atoms with E-state index in [2.05, 4.69) is 11.4 Å². The molecule has 0 saturated carbocycles. The molecule has 0 bridgehead atoms. The van der Waals surface area contributed by atoms with Crippen LogP contribution in [0.2, 0.25) is 0 Å². The summed E-state index contributed by atoms with van der Waals surface area (Å²) < 4.78 is 0. The zero-order valence-electron chi connectivity index (χ0n) is 12.3. The third-order valence-corrected chi connectivity index (χ3v) is 3.86. The summed E-state index contributed by atoms with van der Waals surface area (Å²) in [4.78, 5) is 12.0. The Hall–Kier alpha value is -1.81. The number of amides is 1. The molecule has 0 unspecified atom stereocenters. The second-order valence-corrected chi connectivity index (χ2v) is 5.63. The predicted octanol–water partition coefficient (Wildman–Crippen LogP) is 2.27. The molecule has 0 aromatic heterocycles. The molecule has 1 atom stereocenters. The highest BCUT2D eigenvalue weighted by molar-refractivity contribution is 5.81. The molecular formula is C17H24N2O2. The van der Waals surface area contributed by atoms with Gasteiger partial charge in [-0.05, 0) is 56.2 Å². The third kappa shape index (κ3) is 5.23. The number of carbonyl (C=O) groups excluding carboxylic acids is 1. The second kappa shape index (κ2) is 7.84. The highest BCUT2D eigenvalue weighted by Gasteiger charge is 2.14. The van der Waals surface area contributed by atoms with Crippen molar-refractivity contribution in [1.82, 2.24) is 5.32 Å². The van der Waals surface area contributed by atoms with Crippen LogP contribution in [0.4, 0.5) is 0 Å². The van der Waals surface area contributed by atoms with E-state index < -0.39 is 6.04 Å². The number of aromatic hydroxyl groups is 1. The van der Waals surface area contributed by atoms with E-state index in [1.807, 2.05) is 0 Å². The molecule has 2 rings (SSSR count). The van der Waals surface area contributed by atoms with Crippen molar-refractivity contribution in [2.75, 3.05) is 6.54 Å². The van der Waals surface area contributed by atoms with Crippen LogP contribution in [-0.2, 0) is 11.2 Å². The van der Waals surface area contributed by atoms with Crippen molar-refractivity contribution in [3.8, 4) is 5.75 Å². The third-order valence-electron chi connectivity index (χ3n) is 3.86. The van der Waals surface area contributed by atoms with Gasteiger partial charge in [0.05, 0.1) is 6.04 Å². The van der Waals surface area contributed by atoms with Crippen LogP contribution in [0.1, 0.15) is 37.7 Å². The van der Waals surface area contributed by atoms with Gasteiger partial charge in [0.25, 0.3) is 0 Å². The largest absolute Gasteiger partial charge is 0.508 e. The molecular weight excluding hydrogens is 264 g/mol. The molecule has 4 nitrogen and oxygen atoms in total. The van der Waals surface area contributed by atoms with Gasteiger partial charge in [0.2, 0.25) is 5.91 Å². The van der Waals surface area contributed by atoms with Crippen LogP contribution in [0, 0.1) is 0 Å². The van der Waals surface area contributed by atoms with Gasteiger partial charge >= 0.3 is 0 Å². The first-order valence-electron chi connectivity index (χ1n) is 7.64. The van der Waals surface area contributed by atoms with Gasteiger partial charge in [0, 0.05) is 6.54 Å².